The maximum absolute atomic E-state index is 11.5. The second kappa shape index (κ2) is 3.90. The molecular weight excluding hydrogens is 186 g/mol. The minimum atomic E-state index is -0.458. The highest BCUT2D eigenvalue weighted by Crippen LogP contribution is 2.16. The molecule has 0 aromatic heterocycles. The number of hydrogen-bond acceptors (Lipinski definition) is 2. The van der Waals surface area contributed by atoms with Crippen LogP contribution in [0.5, 0.6) is 0 Å². The summed E-state index contributed by atoms with van der Waals surface area (Å²) >= 11 is 5.76. The first-order valence-corrected chi connectivity index (χ1v) is 4.46. The van der Waals surface area contributed by atoms with Crippen molar-refractivity contribution in [3.8, 4) is 0 Å². The van der Waals surface area contributed by atoms with Gasteiger partial charge in [0, 0.05) is 10.6 Å². The van der Waals surface area contributed by atoms with E-state index in [4.69, 9.17) is 17.3 Å². The number of benzene rings is 1. The van der Waals surface area contributed by atoms with Crippen molar-refractivity contribution in [3.05, 3.63) is 34.3 Å². The third kappa shape index (κ3) is 2.29. The summed E-state index contributed by atoms with van der Waals surface area (Å²) in [5, 5.41) is 0.638. The van der Waals surface area contributed by atoms with Crippen LogP contribution in [0, 0.1) is 6.92 Å². The fourth-order valence-corrected chi connectivity index (χ4v) is 1.38. The lowest BCUT2D eigenvalue weighted by molar-refractivity contribution is 0.0967. The minimum Gasteiger partial charge on any atom is -0.321 e. The van der Waals surface area contributed by atoms with Gasteiger partial charge in [0.15, 0.2) is 5.78 Å². The number of rotatable bonds is 2. The Morgan fingerprint density at radius 2 is 2.15 bits per heavy atom. The van der Waals surface area contributed by atoms with Crippen molar-refractivity contribution < 1.29 is 4.79 Å². The molecule has 1 unspecified atom stereocenters. The van der Waals surface area contributed by atoms with Crippen LogP contribution < -0.4 is 5.73 Å². The van der Waals surface area contributed by atoms with E-state index in [2.05, 4.69) is 0 Å². The first kappa shape index (κ1) is 10.2. The molecule has 70 valence electrons. The van der Waals surface area contributed by atoms with E-state index in [1.807, 2.05) is 6.92 Å². The van der Waals surface area contributed by atoms with Crippen LogP contribution in [0.25, 0.3) is 0 Å². The highest BCUT2D eigenvalue weighted by molar-refractivity contribution is 6.30. The second-order valence-electron chi connectivity index (χ2n) is 3.11. The van der Waals surface area contributed by atoms with Crippen molar-refractivity contribution in [2.75, 3.05) is 0 Å². The average molecular weight is 198 g/mol. The zero-order valence-electron chi connectivity index (χ0n) is 7.67. The van der Waals surface area contributed by atoms with Crippen molar-refractivity contribution in [2.24, 2.45) is 5.73 Å². The topological polar surface area (TPSA) is 43.1 Å². The van der Waals surface area contributed by atoms with Crippen LogP contribution in [0.3, 0.4) is 0 Å². The van der Waals surface area contributed by atoms with Gasteiger partial charge < -0.3 is 5.73 Å². The van der Waals surface area contributed by atoms with E-state index in [0.717, 1.165) is 5.56 Å². The van der Waals surface area contributed by atoms with Gasteiger partial charge in [-0.3, -0.25) is 4.79 Å². The summed E-state index contributed by atoms with van der Waals surface area (Å²) in [6, 6.07) is 4.71. The van der Waals surface area contributed by atoms with Crippen LogP contribution in [0.4, 0.5) is 0 Å². The van der Waals surface area contributed by atoms with Crippen LogP contribution in [0.15, 0.2) is 18.2 Å². The fourth-order valence-electron chi connectivity index (χ4n) is 1.15. The quantitative estimate of drug-likeness (QED) is 0.739. The van der Waals surface area contributed by atoms with E-state index in [0.29, 0.717) is 10.6 Å². The fraction of sp³-hybridized carbons (Fsp3) is 0.300. The number of ketones is 1. The molecule has 0 heterocycles. The number of carbonyl (C=O) groups is 1. The summed E-state index contributed by atoms with van der Waals surface area (Å²) in [5.41, 5.74) is 7.01. The summed E-state index contributed by atoms with van der Waals surface area (Å²) in [6.45, 7) is 3.53. The van der Waals surface area contributed by atoms with Crippen molar-refractivity contribution in [1.29, 1.82) is 0 Å². The molecular formula is C10H12ClNO. The van der Waals surface area contributed by atoms with Crippen molar-refractivity contribution in [3.63, 3.8) is 0 Å². The Labute approximate surface area is 82.7 Å². The third-order valence-electron chi connectivity index (χ3n) is 1.87. The Balaban J connectivity index is 3.09. The molecule has 0 spiro atoms. The van der Waals surface area contributed by atoms with Crippen LogP contribution >= 0.6 is 11.6 Å². The van der Waals surface area contributed by atoms with Gasteiger partial charge in [-0.1, -0.05) is 11.6 Å². The number of aryl methyl sites for hydroxylation is 1. The number of nitrogens with two attached hydrogens (primary N) is 1. The summed E-state index contributed by atoms with van der Waals surface area (Å²) in [5.74, 6) is -0.0471. The zero-order chi connectivity index (χ0) is 10.0. The molecule has 0 radical (unpaired) electrons. The number of Topliss-reactive ketones (excluding diaryl/α,β-unsaturated/α-hetero) is 1. The summed E-state index contributed by atoms with van der Waals surface area (Å²) in [4.78, 5) is 11.5. The lowest BCUT2D eigenvalue weighted by Gasteiger charge is -2.07. The van der Waals surface area contributed by atoms with Gasteiger partial charge in [0.2, 0.25) is 0 Å². The first-order chi connectivity index (χ1) is 6.02. The molecule has 0 aliphatic rings. The van der Waals surface area contributed by atoms with Gasteiger partial charge in [-0.15, -0.1) is 0 Å². The van der Waals surface area contributed by atoms with Crippen LogP contribution in [0.2, 0.25) is 5.02 Å². The molecule has 3 heteroatoms. The highest BCUT2D eigenvalue weighted by atomic mass is 35.5. The van der Waals surface area contributed by atoms with Crippen LogP contribution in [-0.2, 0) is 0 Å². The molecule has 0 saturated carbocycles. The largest absolute Gasteiger partial charge is 0.321 e. The Bertz CT molecular complexity index is 334. The van der Waals surface area contributed by atoms with E-state index in [9.17, 15) is 4.79 Å². The molecule has 1 atom stereocenters. The highest BCUT2D eigenvalue weighted by Gasteiger charge is 2.12. The Kier molecular flexibility index (Phi) is 3.07. The van der Waals surface area contributed by atoms with Crippen molar-refractivity contribution >= 4 is 17.4 Å². The van der Waals surface area contributed by atoms with Crippen LogP contribution in [0.1, 0.15) is 22.8 Å². The summed E-state index contributed by atoms with van der Waals surface area (Å²) < 4.78 is 0. The van der Waals surface area contributed by atoms with Gasteiger partial charge in [-0.25, -0.2) is 0 Å². The number of carbonyl (C=O) groups excluding carboxylic acids is 1. The minimum absolute atomic E-state index is 0.0471. The maximum Gasteiger partial charge on any atom is 0.179 e. The molecule has 0 aliphatic carbocycles. The van der Waals surface area contributed by atoms with Gasteiger partial charge in [0.25, 0.3) is 0 Å². The first-order valence-electron chi connectivity index (χ1n) is 4.08. The zero-order valence-corrected chi connectivity index (χ0v) is 8.43. The molecule has 2 nitrogen and oxygen atoms in total. The Hall–Kier alpha value is -0.860. The molecule has 0 saturated heterocycles. The molecule has 0 aliphatic heterocycles. The molecule has 2 N–H and O–H groups in total. The van der Waals surface area contributed by atoms with Crippen LogP contribution in [-0.4, -0.2) is 11.8 Å². The van der Waals surface area contributed by atoms with E-state index in [1.165, 1.54) is 0 Å². The molecule has 1 rings (SSSR count). The van der Waals surface area contributed by atoms with E-state index >= 15 is 0 Å². The molecule has 1 aromatic rings. The second-order valence-corrected chi connectivity index (χ2v) is 3.55. The number of halogens is 1. The number of hydrogen-bond donors (Lipinski definition) is 1. The molecule has 1 aromatic carbocycles. The van der Waals surface area contributed by atoms with E-state index in [-0.39, 0.29) is 5.78 Å². The smallest absolute Gasteiger partial charge is 0.179 e. The SMILES string of the molecule is Cc1cc(Cl)ccc1C(=O)C(C)N. The third-order valence-corrected chi connectivity index (χ3v) is 2.10. The van der Waals surface area contributed by atoms with Gasteiger partial charge >= 0.3 is 0 Å². The summed E-state index contributed by atoms with van der Waals surface area (Å²) in [6.07, 6.45) is 0. The Morgan fingerprint density at radius 3 is 2.62 bits per heavy atom. The average Bonchev–Trinajstić information content (AvgIpc) is 2.03. The van der Waals surface area contributed by atoms with Gasteiger partial charge in [0.05, 0.1) is 6.04 Å². The van der Waals surface area contributed by atoms with Gasteiger partial charge in [-0.2, -0.15) is 0 Å². The maximum atomic E-state index is 11.5. The van der Waals surface area contributed by atoms with Crippen molar-refractivity contribution in [1.82, 2.24) is 0 Å². The lowest BCUT2D eigenvalue weighted by Crippen LogP contribution is -2.27. The Morgan fingerprint density at radius 1 is 1.54 bits per heavy atom. The lowest BCUT2D eigenvalue weighted by atomic mass is 10.0. The summed E-state index contributed by atoms with van der Waals surface area (Å²) in [7, 11) is 0. The predicted molar refractivity (Wildman–Crippen MR) is 54.2 cm³/mol. The van der Waals surface area contributed by atoms with E-state index in [1.54, 1.807) is 25.1 Å². The molecule has 13 heavy (non-hydrogen) atoms. The van der Waals surface area contributed by atoms with Gasteiger partial charge in [0.1, 0.15) is 0 Å². The molecule has 0 amide bonds. The van der Waals surface area contributed by atoms with E-state index < -0.39 is 6.04 Å². The standard InChI is InChI=1S/C10H12ClNO/c1-6-5-8(11)3-4-9(6)10(13)7(2)12/h3-5,7H,12H2,1-2H3. The van der Waals surface area contributed by atoms with Gasteiger partial charge in [-0.05, 0) is 37.6 Å². The monoisotopic (exact) mass is 197 g/mol. The molecule has 0 fully saturated rings. The van der Waals surface area contributed by atoms with Crippen molar-refractivity contribution in [2.45, 2.75) is 19.9 Å². The molecule has 0 bridgehead atoms. The predicted octanol–water partition coefficient (Wildman–Crippen LogP) is 2.18. The normalized spacial score (nSPS) is 12.6.